The molecule has 1 aliphatic heterocycles. The quantitative estimate of drug-likeness (QED) is 0.146. The molecule has 3 heterocycles. The molecule has 3 aromatic rings. The monoisotopic (exact) mass is 776 g/mol. The lowest BCUT2D eigenvalue weighted by molar-refractivity contribution is -0.146. The van der Waals surface area contributed by atoms with Crippen LogP contribution in [0.2, 0.25) is 0 Å². The fourth-order valence-corrected chi connectivity index (χ4v) is 8.26. The Bertz CT molecular complexity index is 1940. The summed E-state index contributed by atoms with van der Waals surface area (Å²) in [4.78, 5) is 65.3. The van der Waals surface area contributed by atoms with E-state index in [2.05, 4.69) is 22.5 Å². The molecule has 0 radical (unpaired) electrons. The Kier molecular flexibility index (Phi) is 11.6. The minimum Gasteiger partial charge on any atom is -0.497 e. The molecule has 2 aromatic heterocycles. The molecule has 5 atom stereocenters. The molecule has 3 aliphatic rings. The second-order valence-corrected chi connectivity index (χ2v) is 17.0. The van der Waals surface area contributed by atoms with Crippen molar-refractivity contribution in [2.75, 3.05) is 19.0 Å². The van der Waals surface area contributed by atoms with Crippen LogP contribution in [0.4, 0.5) is 9.93 Å². The van der Waals surface area contributed by atoms with Crippen molar-refractivity contribution in [3.8, 4) is 22.9 Å². The van der Waals surface area contributed by atoms with Crippen LogP contribution in [-0.4, -0.2) is 93.4 Å². The number of aromatic nitrogens is 2. The number of pyridine rings is 1. The van der Waals surface area contributed by atoms with Crippen LogP contribution in [0.3, 0.4) is 0 Å². The third-order valence-electron chi connectivity index (χ3n) is 10.5. The van der Waals surface area contributed by atoms with Crippen LogP contribution in [0.15, 0.2) is 42.3 Å². The number of aliphatic carboxylic acids is 1. The number of carbonyl (C=O) groups excluding carboxylic acids is 3. The molecule has 6 rings (SSSR count). The van der Waals surface area contributed by atoms with Crippen LogP contribution in [0.5, 0.6) is 11.5 Å². The number of rotatable bonds is 13. The number of nitrogens with one attached hydrogen (secondary N) is 3. The van der Waals surface area contributed by atoms with Crippen LogP contribution < -0.4 is 25.4 Å². The fourth-order valence-electron chi connectivity index (χ4n) is 7.41. The van der Waals surface area contributed by atoms with E-state index in [-0.39, 0.29) is 31.5 Å². The van der Waals surface area contributed by atoms with Gasteiger partial charge in [-0.3, -0.25) is 9.59 Å². The molecule has 15 heteroatoms. The van der Waals surface area contributed by atoms with E-state index in [0.717, 1.165) is 37.2 Å². The number of carboxylic acids is 1. The number of amides is 3. The van der Waals surface area contributed by atoms with E-state index in [1.54, 1.807) is 25.3 Å². The van der Waals surface area contributed by atoms with Crippen molar-refractivity contribution >= 4 is 51.2 Å². The molecule has 55 heavy (non-hydrogen) atoms. The number of hydrogen-bond acceptors (Lipinski definition) is 11. The van der Waals surface area contributed by atoms with E-state index in [0.29, 0.717) is 33.8 Å². The highest BCUT2D eigenvalue weighted by atomic mass is 32.1. The van der Waals surface area contributed by atoms with E-state index in [1.165, 1.54) is 22.3 Å². The number of thiazole rings is 1. The highest BCUT2D eigenvalue weighted by molar-refractivity contribution is 7.14. The number of alkyl carbamates (subject to hydrolysis) is 1. The summed E-state index contributed by atoms with van der Waals surface area (Å²) in [7, 11) is 1.57. The van der Waals surface area contributed by atoms with Crippen molar-refractivity contribution in [1.82, 2.24) is 25.5 Å². The summed E-state index contributed by atoms with van der Waals surface area (Å²) in [6.07, 6.45) is 4.72. The van der Waals surface area contributed by atoms with Gasteiger partial charge in [-0.15, -0.1) is 17.9 Å². The Balaban J connectivity index is 1.32. The number of hydrogen-bond donors (Lipinski definition) is 4. The number of benzene rings is 1. The van der Waals surface area contributed by atoms with Gasteiger partial charge in [0.15, 0.2) is 5.13 Å². The van der Waals surface area contributed by atoms with Crippen molar-refractivity contribution in [3.05, 3.63) is 42.3 Å². The van der Waals surface area contributed by atoms with Gasteiger partial charge < -0.3 is 40.2 Å². The van der Waals surface area contributed by atoms with Gasteiger partial charge in [-0.2, -0.15) is 0 Å². The van der Waals surface area contributed by atoms with E-state index in [9.17, 15) is 24.3 Å². The fraction of sp³-hybridized carbons (Fsp3) is 0.550. The second kappa shape index (κ2) is 16.0. The van der Waals surface area contributed by atoms with E-state index in [1.807, 2.05) is 46.1 Å². The van der Waals surface area contributed by atoms with Gasteiger partial charge in [0.1, 0.15) is 47.0 Å². The molecule has 4 N–H and O–H groups in total. The van der Waals surface area contributed by atoms with Gasteiger partial charge in [-0.05, 0) is 63.5 Å². The standard InChI is InChI=1S/C40H52N6O8S/c1-8-23-19-40(23,36(49)50)45-34(47)31-17-26(20-46(31)35(48)33(39(4,5)6)44-38(51)54-24-12-10-9-11-13-24)53-32-18-29(30-21-55-37(43-30)41-22(2)3)42-28-16-25(52-7)14-15-27(28)32/h8,14-16,18,21-24,26,31,33H,1,9-13,17,19-20H2,2-7H3,(H,41,43)(H,44,51)(H,45,47)(H,49,50)/t23-,26-,31+,33-,40-/m1/s1. The molecule has 0 bridgehead atoms. The number of likely N-dealkylation sites (tertiary alicyclic amines) is 1. The summed E-state index contributed by atoms with van der Waals surface area (Å²) >= 11 is 1.46. The van der Waals surface area contributed by atoms with Crippen LogP contribution in [0.25, 0.3) is 22.3 Å². The van der Waals surface area contributed by atoms with Crippen LogP contribution in [0.1, 0.15) is 79.6 Å². The van der Waals surface area contributed by atoms with E-state index >= 15 is 0 Å². The van der Waals surface area contributed by atoms with Crippen molar-refractivity contribution in [2.45, 2.75) is 115 Å². The SMILES string of the molecule is C=C[C@@H]1C[C@]1(NC(=O)[C@@H]1C[C@@H](Oc2cc(-c3csc(NC(C)C)n3)nc3cc(OC)ccc23)CN1C(=O)[C@@H](NC(=O)OC1CCCCC1)C(C)(C)C)C(=O)O. The van der Waals surface area contributed by atoms with Crippen LogP contribution in [0, 0.1) is 11.3 Å². The molecule has 296 valence electrons. The molecule has 14 nitrogen and oxygen atoms in total. The average molecular weight is 777 g/mol. The predicted molar refractivity (Wildman–Crippen MR) is 209 cm³/mol. The Labute approximate surface area is 325 Å². The Morgan fingerprint density at radius 3 is 2.45 bits per heavy atom. The van der Waals surface area contributed by atoms with Gasteiger partial charge >= 0.3 is 12.1 Å². The molecular formula is C40H52N6O8S. The van der Waals surface area contributed by atoms with Crippen LogP contribution in [-0.2, 0) is 19.1 Å². The number of anilines is 1. The highest BCUT2D eigenvalue weighted by Gasteiger charge is 2.61. The Morgan fingerprint density at radius 2 is 1.82 bits per heavy atom. The number of carbonyl (C=O) groups is 4. The number of methoxy groups -OCH3 is 1. The first-order chi connectivity index (χ1) is 26.1. The molecular weight excluding hydrogens is 725 g/mol. The number of ether oxygens (including phenoxy) is 3. The van der Waals surface area contributed by atoms with Crippen LogP contribution >= 0.6 is 11.3 Å². The lowest BCUT2D eigenvalue weighted by Crippen LogP contribution is -2.59. The Morgan fingerprint density at radius 1 is 1.07 bits per heavy atom. The largest absolute Gasteiger partial charge is 0.497 e. The summed E-state index contributed by atoms with van der Waals surface area (Å²) < 4.78 is 17.9. The van der Waals surface area contributed by atoms with Gasteiger partial charge in [0.05, 0.1) is 24.9 Å². The first-order valence-corrected chi connectivity index (χ1v) is 19.8. The smallest absolute Gasteiger partial charge is 0.408 e. The third kappa shape index (κ3) is 8.82. The molecule has 3 amide bonds. The topological polar surface area (TPSA) is 181 Å². The van der Waals surface area contributed by atoms with Gasteiger partial charge in [0.2, 0.25) is 11.8 Å². The molecule has 0 spiro atoms. The minimum absolute atomic E-state index is 0.0116. The summed E-state index contributed by atoms with van der Waals surface area (Å²) in [5.41, 5.74) is -0.488. The lowest BCUT2D eigenvalue weighted by atomic mass is 9.85. The zero-order valence-electron chi connectivity index (χ0n) is 32.3. The maximum absolute atomic E-state index is 14.6. The third-order valence-corrected chi connectivity index (χ3v) is 11.3. The molecule has 1 saturated heterocycles. The lowest BCUT2D eigenvalue weighted by Gasteiger charge is -2.35. The summed E-state index contributed by atoms with van der Waals surface area (Å²) in [5.74, 6) is -1.69. The predicted octanol–water partition coefficient (Wildman–Crippen LogP) is 6.15. The van der Waals surface area contributed by atoms with Crippen molar-refractivity contribution in [3.63, 3.8) is 0 Å². The summed E-state index contributed by atoms with van der Waals surface area (Å²) in [6, 6.07) is 5.26. The number of nitrogens with zero attached hydrogens (tertiary/aromatic N) is 3. The molecule has 2 aliphatic carbocycles. The molecule has 1 aromatic carbocycles. The molecule has 0 unspecified atom stereocenters. The van der Waals surface area contributed by atoms with E-state index in [4.69, 9.17) is 24.2 Å². The van der Waals surface area contributed by atoms with Gasteiger partial charge in [0, 0.05) is 41.3 Å². The average Bonchev–Trinajstić information content (AvgIpc) is 3.41. The highest BCUT2D eigenvalue weighted by Crippen LogP contribution is 2.45. The minimum atomic E-state index is -1.51. The normalized spacial score (nSPS) is 23.2. The van der Waals surface area contributed by atoms with Gasteiger partial charge in [-0.1, -0.05) is 33.3 Å². The zero-order valence-corrected chi connectivity index (χ0v) is 33.2. The maximum atomic E-state index is 14.6. The zero-order chi connectivity index (χ0) is 39.7. The van der Waals surface area contributed by atoms with Crippen molar-refractivity contribution in [2.24, 2.45) is 11.3 Å². The Hall–Kier alpha value is -4.92. The summed E-state index contributed by atoms with van der Waals surface area (Å²) in [6.45, 7) is 13.3. The number of carboxylic acid groups (broad SMARTS) is 1. The van der Waals surface area contributed by atoms with Crippen molar-refractivity contribution in [1.29, 1.82) is 0 Å². The van der Waals surface area contributed by atoms with Gasteiger partial charge in [0.25, 0.3) is 0 Å². The maximum Gasteiger partial charge on any atom is 0.408 e. The first kappa shape index (κ1) is 39.8. The molecule has 2 saturated carbocycles. The first-order valence-electron chi connectivity index (χ1n) is 18.9. The summed E-state index contributed by atoms with van der Waals surface area (Å²) in [5, 5.41) is 22.3. The van der Waals surface area contributed by atoms with Crippen molar-refractivity contribution < 1.29 is 38.5 Å². The second-order valence-electron chi connectivity index (χ2n) is 16.1. The number of fused-ring (bicyclic) bond motifs is 1. The van der Waals surface area contributed by atoms with E-state index < -0.39 is 58.9 Å². The molecule has 3 fully saturated rings. The van der Waals surface area contributed by atoms with Gasteiger partial charge in [-0.25, -0.2) is 19.6 Å².